The number of thioether (sulfide) groups is 1. The van der Waals surface area contributed by atoms with E-state index in [9.17, 15) is 4.79 Å². The summed E-state index contributed by atoms with van der Waals surface area (Å²) in [4.78, 5) is 10.6. The summed E-state index contributed by atoms with van der Waals surface area (Å²) in [6, 6.07) is -0.362. The standard InChI is InChI=1S/C8H15NO2S/c1-8(2,3)7-9-5(4-12-7)6(10)11/h5,7,9H,4H2,1-3H3,(H,10,11)/t5-,7?/m1/s1. The zero-order chi connectivity index (χ0) is 9.35. The molecule has 1 rings (SSSR count). The van der Waals surface area contributed by atoms with Crippen LogP contribution in [0.2, 0.25) is 0 Å². The van der Waals surface area contributed by atoms with Crippen LogP contribution < -0.4 is 5.32 Å². The molecule has 1 saturated heterocycles. The molecule has 1 aliphatic rings. The molecule has 1 unspecified atom stereocenters. The maximum Gasteiger partial charge on any atom is 0.321 e. The summed E-state index contributed by atoms with van der Waals surface area (Å²) in [5, 5.41) is 12.1. The number of aliphatic carboxylic acids is 1. The molecule has 0 bridgehead atoms. The Balaban J connectivity index is 2.51. The number of carboxylic acids is 1. The van der Waals surface area contributed by atoms with Gasteiger partial charge in [-0.2, -0.15) is 0 Å². The summed E-state index contributed by atoms with van der Waals surface area (Å²) in [5.74, 6) is -0.0636. The van der Waals surface area contributed by atoms with Crippen LogP contribution in [0.3, 0.4) is 0 Å². The highest BCUT2D eigenvalue weighted by Crippen LogP contribution is 2.33. The van der Waals surface area contributed by atoms with Gasteiger partial charge < -0.3 is 5.11 Å². The average Bonchev–Trinajstić information content (AvgIpc) is 2.30. The van der Waals surface area contributed by atoms with Crippen molar-refractivity contribution in [1.29, 1.82) is 0 Å². The molecule has 1 fully saturated rings. The third-order valence-electron chi connectivity index (χ3n) is 1.87. The van der Waals surface area contributed by atoms with Gasteiger partial charge in [-0.05, 0) is 5.41 Å². The summed E-state index contributed by atoms with van der Waals surface area (Å²) < 4.78 is 0. The number of rotatable bonds is 1. The second kappa shape index (κ2) is 3.26. The third kappa shape index (κ3) is 2.14. The molecule has 1 heterocycles. The van der Waals surface area contributed by atoms with Crippen LogP contribution in [-0.4, -0.2) is 28.2 Å². The molecule has 1 aliphatic heterocycles. The molecule has 0 aromatic heterocycles. The lowest BCUT2D eigenvalue weighted by molar-refractivity contribution is -0.138. The molecule has 0 aliphatic carbocycles. The minimum Gasteiger partial charge on any atom is -0.480 e. The molecular weight excluding hydrogens is 174 g/mol. The van der Waals surface area contributed by atoms with Gasteiger partial charge in [-0.15, -0.1) is 11.8 Å². The first-order valence-electron chi connectivity index (χ1n) is 4.02. The average molecular weight is 189 g/mol. The Kier molecular flexibility index (Phi) is 2.68. The maximum atomic E-state index is 10.6. The first-order chi connectivity index (χ1) is 5.41. The van der Waals surface area contributed by atoms with E-state index in [4.69, 9.17) is 5.11 Å². The van der Waals surface area contributed by atoms with Crippen molar-refractivity contribution in [2.75, 3.05) is 5.75 Å². The fraction of sp³-hybridized carbons (Fsp3) is 0.875. The highest BCUT2D eigenvalue weighted by Gasteiger charge is 2.35. The van der Waals surface area contributed by atoms with Crippen molar-refractivity contribution in [1.82, 2.24) is 5.32 Å². The second-order valence-corrected chi connectivity index (χ2v) is 5.27. The molecule has 0 aromatic carbocycles. The second-order valence-electron chi connectivity index (χ2n) is 4.14. The fourth-order valence-corrected chi connectivity index (χ4v) is 2.50. The van der Waals surface area contributed by atoms with E-state index < -0.39 is 5.97 Å². The molecule has 12 heavy (non-hydrogen) atoms. The molecule has 70 valence electrons. The van der Waals surface area contributed by atoms with E-state index in [2.05, 4.69) is 26.1 Å². The lowest BCUT2D eigenvalue weighted by Crippen LogP contribution is -2.41. The van der Waals surface area contributed by atoms with Crippen LogP contribution in [0.5, 0.6) is 0 Å². The lowest BCUT2D eigenvalue weighted by atomic mass is 9.96. The smallest absolute Gasteiger partial charge is 0.321 e. The molecule has 0 radical (unpaired) electrons. The van der Waals surface area contributed by atoms with Gasteiger partial charge in [-0.1, -0.05) is 20.8 Å². The maximum absolute atomic E-state index is 10.6. The molecule has 0 saturated carbocycles. The minimum absolute atomic E-state index is 0.134. The molecule has 4 heteroatoms. The van der Waals surface area contributed by atoms with Crippen molar-refractivity contribution in [3.8, 4) is 0 Å². The topological polar surface area (TPSA) is 49.3 Å². The number of nitrogens with one attached hydrogen (secondary N) is 1. The molecule has 2 N–H and O–H groups in total. The van der Waals surface area contributed by atoms with Gasteiger partial charge in [0.25, 0.3) is 0 Å². The molecule has 3 nitrogen and oxygen atoms in total. The van der Waals surface area contributed by atoms with Gasteiger partial charge in [0.05, 0.1) is 5.37 Å². The normalized spacial score (nSPS) is 30.6. The van der Waals surface area contributed by atoms with Crippen LogP contribution in [0, 0.1) is 5.41 Å². The van der Waals surface area contributed by atoms with Crippen LogP contribution in [0.4, 0.5) is 0 Å². The Labute approximate surface area is 76.9 Å². The van der Waals surface area contributed by atoms with Crippen LogP contribution in [-0.2, 0) is 4.79 Å². The largest absolute Gasteiger partial charge is 0.480 e. The number of hydrogen-bond acceptors (Lipinski definition) is 3. The van der Waals surface area contributed by atoms with Crippen molar-refractivity contribution in [3.05, 3.63) is 0 Å². The fourth-order valence-electron chi connectivity index (χ4n) is 1.11. The van der Waals surface area contributed by atoms with E-state index in [0.29, 0.717) is 5.75 Å². The van der Waals surface area contributed by atoms with Gasteiger partial charge in [0.15, 0.2) is 0 Å². The lowest BCUT2D eigenvalue weighted by Gasteiger charge is -2.26. The quantitative estimate of drug-likeness (QED) is 0.649. The van der Waals surface area contributed by atoms with E-state index in [1.165, 1.54) is 0 Å². The number of carboxylic acid groups (broad SMARTS) is 1. The van der Waals surface area contributed by atoms with Gasteiger partial charge in [-0.3, -0.25) is 10.1 Å². The highest BCUT2D eigenvalue weighted by atomic mass is 32.2. The van der Waals surface area contributed by atoms with Gasteiger partial charge in [0.1, 0.15) is 6.04 Å². The van der Waals surface area contributed by atoms with Crippen LogP contribution >= 0.6 is 11.8 Å². The predicted octanol–water partition coefficient (Wildman–Crippen LogP) is 1.15. The van der Waals surface area contributed by atoms with E-state index in [0.717, 1.165) is 0 Å². The van der Waals surface area contributed by atoms with Crippen molar-refractivity contribution in [3.63, 3.8) is 0 Å². The highest BCUT2D eigenvalue weighted by molar-refractivity contribution is 8.00. The van der Waals surface area contributed by atoms with Crippen LogP contribution in [0.25, 0.3) is 0 Å². The molecule has 0 amide bonds. The summed E-state index contributed by atoms with van der Waals surface area (Å²) in [7, 11) is 0. The summed E-state index contributed by atoms with van der Waals surface area (Å²) in [5.41, 5.74) is 0.134. The van der Waals surface area contributed by atoms with Crippen molar-refractivity contribution < 1.29 is 9.90 Å². The van der Waals surface area contributed by atoms with E-state index in [1.807, 2.05) is 0 Å². The monoisotopic (exact) mass is 189 g/mol. The molecule has 0 spiro atoms. The predicted molar refractivity (Wildman–Crippen MR) is 50.3 cm³/mol. The third-order valence-corrected chi connectivity index (χ3v) is 3.57. The SMILES string of the molecule is CC(C)(C)C1N[C@@H](C(=O)O)CS1. The Morgan fingerprint density at radius 3 is 2.42 bits per heavy atom. The zero-order valence-corrected chi connectivity index (χ0v) is 8.44. The van der Waals surface area contributed by atoms with Gasteiger partial charge in [0, 0.05) is 5.75 Å². The van der Waals surface area contributed by atoms with E-state index >= 15 is 0 Å². The molecule has 0 aromatic rings. The Bertz CT molecular complexity index is 188. The summed E-state index contributed by atoms with van der Waals surface area (Å²) in [6.07, 6.45) is 0. The Hall–Kier alpha value is -0.220. The van der Waals surface area contributed by atoms with Crippen molar-refractivity contribution >= 4 is 17.7 Å². The van der Waals surface area contributed by atoms with E-state index in [1.54, 1.807) is 11.8 Å². The van der Waals surface area contributed by atoms with Gasteiger partial charge in [-0.25, -0.2) is 0 Å². The molecular formula is C8H15NO2S. The van der Waals surface area contributed by atoms with Gasteiger partial charge in [0.2, 0.25) is 0 Å². The van der Waals surface area contributed by atoms with Gasteiger partial charge >= 0.3 is 5.97 Å². The first kappa shape index (κ1) is 9.86. The van der Waals surface area contributed by atoms with Crippen LogP contribution in [0.15, 0.2) is 0 Å². The van der Waals surface area contributed by atoms with Crippen LogP contribution in [0.1, 0.15) is 20.8 Å². The van der Waals surface area contributed by atoms with Crippen molar-refractivity contribution in [2.24, 2.45) is 5.41 Å². The zero-order valence-electron chi connectivity index (χ0n) is 7.63. The summed E-state index contributed by atoms with van der Waals surface area (Å²) in [6.45, 7) is 6.34. The Morgan fingerprint density at radius 1 is 1.58 bits per heavy atom. The summed E-state index contributed by atoms with van der Waals surface area (Å²) >= 11 is 1.69. The minimum atomic E-state index is -0.741. The number of carbonyl (C=O) groups is 1. The van der Waals surface area contributed by atoms with E-state index in [-0.39, 0.29) is 16.8 Å². The van der Waals surface area contributed by atoms with Crippen molar-refractivity contribution in [2.45, 2.75) is 32.2 Å². The first-order valence-corrected chi connectivity index (χ1v) is 5.06. The number of hydrogen-bond donors (Lipinski definition) is 2. The molecule has 2 atom stereocenters. The Morgan fingerprint density at radius 2 is 2.17 bits per heavy atom.